The van der Waals surface area contributed by atoms with Gasteiger partial charge in [0.25, 0.3) is 0 Å². The molecule has 0 spiro atoms. The number of hydrogen-bond acceptors (Lipinski definition) is 2. The van der Waals surface area contributed by atoms with E-state index in [2.05, 4.69) is 115 Å². The number of benzene rings is 3. The molecule has 3 aromatic heterocycles. The lowest BCUT2D eigenvalue weighted by molar-refractivity contribution is -0.671. The molecule has 0 aliphatic carbocycles. The van der Waals surface area contributed by atoms with Crippen molar-refractivity contribution in [3.63, 3.8) is 0 Å². The van der Waals surface area contributed by atoms with E-state index in [0.29, 0.717) is 0 Å². The van der Waals surface area contributed by atoms with E-state index in [1.54, 1.807) is 0 Å². The SMILES string of the molecule is C[n+]1cccc(-c2ccc(-c3ccc(-c4c5ccccc5cc5ccccc45)s3)s2)c1. The van der Waals surface area contributed by atoms with E-state index in [1.807, 2.05) is 22.7 Å². The van der Waals surface area contributed by atoms with Crippen molar-refractivity contribution in [3.05, 3.63) is 103 Å². The molecule has 0 radical (unpaired) electrons. The van der Waals surface area contributed by atoms with Crippen molar-refractivity contribution in [1.82, 2.24) is 0 Å². The molecule has 0 N–H and O–H groups in total. The third-order valence-corrected chi connectivity index (χ3v) is 8.13. The van der Waals surface area contributed by atoms with Crippen LogP contribution in [-0.4, -0.2) is 0 Å². The number of aromatic nitrogens is 1. The number of pyridine rings is 1. The zero-order chi connectivity index (χ0) is 20.8. The van der Waals surface area contributed by atoms with E-state index in [9.17, 15) is 0 Å². The Morgan fingerprint density at radius 2 is 1.16 bits per heavy atom. The van der Waals surface area contributed by atoms with E-state index in [1.165, 1.54) is 52.2 Å². The molecule has 6 rings (SSSR count). The standard InChI is InChI=1S/C28H20NS2/c1-29-16-6-9-21(18-29)24-12-13-25(30-24)26-14-15-27(31-26)28-22-10-4-2-7-19(22)17-20-8-3-5-11-23(20)28/h2-18H,1H3/q+1. The Kier molecular flexibility index (Phi) is 4.45. The lowest BCUT2D eigenvalue weighted by atomic mass is 9.96. The molecule has 0 unspecified atom stereocenters. The molecule has 31 heavy (non-hydrogen) atoms. The molecule has 0 aliphatic heterocycles. The van der Waals surface area contributed by atoms with Gasteiger partial charge >= 0.3 is 0 Å². The maximum absolute atomic E-state index is 2.30. The van der Waals surface area contributed by atoms with E-state index < -0.39 is 0 Å². The first-order chi connectivity index (χ1) is 15.3. The first-order valence-electron chi connectivity index (χ1n) is 10.3. The van der Waals surface area contributed by atoms with Crippen molar-refractivity contribution >= 4 is 44.2 Å². The van der Waals surface area contributed by atoms with Crippen molar-refractivity contribution in [1.29, 1.82) is 0 Å². The molecule has 0 atom stereocenters. The number of fused-ring (bicyclic) bond motifs is 2. The van der Waals surface area contributed by atoms with Crippen LogP contribution in [0.5, 0.6) is 0 Å². The summed E-state index contributed by atoms with van der Waals surface area (Å²) >= 11 is 3.75. The van der Waals surface area contributed by atoms with Crippen LogP contribution in [0, 0.1) is 0 Å². The summed E-state index contributed by atoms with van der Waals surface area (Å²) in [4.78, 5) is 5.27. The zero-order valence-electron chi connectivity index (χ0n) is 17.1. The Morgan fingerprint density at radius 1 is 0.581 bits per heavy atom. The highest BCUT2D eigenvalue weighted by Gasteiger charge is 2.14. The highest BCUT2D eigenvalue weighted by molar-refractivity contribution is 7.25. The van der Waals surface area contributed by atoms with Gasteiger partial charge in [-0.2, -0.15) is 0 Å². The lowest BCUT2D eigenvalue weighted by Crippen LogP contribution is -2.26. The third-order valence-electron chi connectivity index (χ3n) is 5.70. The van der Waals surface area contributed by atoms with Gasteiger partial charge in [-0.3, -0.25) is 0 Å². The highest BCUT2D eigenvalue weighted by Crippen LogP contribution is 2.44. The van der Waals surface area contributed by atoms with Gasteiger partial charge in [-0.05, 0) is 57.9 Å². The molecule has 0 aliphatic rings. The summed E-state index contributed by atoms with van der Waals surface area (Å²) in [5.41, 5.74) is 2.61. The normalized spacial score (nSPS) is 11.4. The van der Waals surface area contributed by atoms with Crippen molar-refractivity contribution in [2.45, 2.75) is 0 Å². The number of aryl methyl sites for hydroxylation is 1. The maximum atomic E-state index is 2.30. The van der Waals surface area contributed by atoms with Crippen LogP contribution in [0.3, 0.4) is 0 Å². The third kappa shape index (κ3) is 3.27. The Hall–Kier alpha value is -3.27. The molecule has 0 saturated carbocycles. The Balaban J connectivity index is 1.48. The average molecular weight is 435 g/mol. The summed E-state index contributed by atoms with van der Waals surface area (Å²) in [5.74, 6) is 0. The fraction of sp³-hybridized carbons (Fsp3) is 0.0357. The minimum Gasteiger partial charge on any atom is -0.207 e. The summed E-state index contributed by atoms with van der Waals surface area (Å²) in [6, 6.07) is 33.1. The van der Waals surface area contributed by atoms with E-state index in [0.717, 1.165) is 0 Å². The van der Waals surface area contributed by atoms with Crippen LogP contribution in [0.4, 0.5) is 0 Å². The Bertz CT molecular complexity index is 1500. The highest BCUT2D eigenvalue weighted by atomic mass is 32.1. The maximum Gasteiger partial charge on any atom is 0.177 e. The summed E-state index contributed by atoms with van der Waals surface area (Å²) in [5, 5.41) is 5.22. The second-order valence-electron chi connectivity index (χ2n) is 7.78. The molecule has 0 amide bonds. The molecule has 1 nitrogen and oxygen atoms in total. The summed E-state index contributed by atoms with van der Waals surface area (Å²) in [6.45, 7) is 0. The lowest BCUT2D eigenvalue weighted by Gasteiger charge is -2.10. The van der Waals surface area contributed by atoms with Crippen LogP contribution >= 0.6 is 22.7 Å². The van der Waals surface area contributed by atoms with Crippen molar-refractivity contribution in [3.8, 4) is 30.6 Å². The smallest absolute Gasteiger partial charge is 0.177 e. The first-order valence-corrected chi connectivity index (χ1v) is 12.0. The van der Waals surface area contributed by atoms with Gasteiger partial charge in [-0.15, -0.1) is 22.7 Å². The van der Waals surface area contributed by atoms with E-state index >= 15 is 0 Å². The van der Waals surface area contributed by atoms with E-state index in [-0.39, 0.29) is 0 Å². The topological polar surface area (TPSA) is 3.88 Å². The molecule has 0 bridgehead atoms. The predicted molar refractivity (Wildman–Crippen MR) is 135 cm³/mol. The number of rotatable bonds is 3. The molecule has 3 heteroatoms. The van der Waals surface area contributed by atoms with Gasteiger partial charge in [-0.25, -0.2) is 4.57 Å². The quantitative estimate of drug-likeness (QED) is 0.197. The van der Waals surface area contributed by atoms with E-state index in [4.69, 9.17) is 0 Å². The molecular formula is C28H20NS2+. The van der Waals surface area contributed by atoms with Gasteiger partial charge in [0.05, 0.1) is 5.56 Å². The summed E-state index contributed by atoms with van der Waals surface area (Å²) < 4.78 is 2.10. The van der Waals surface area contributed by atoms with Gasteiger partial charge in [0.15, 0.2) is 12.4 Å². The van der Waals surface area contributed by atoms with Crippen LogP contribution in [0.2, 0.25) is 0 Å². The zero-order valence-corrected chi connectivity index (χ0v) is 18.7. The largest absolute Gasteiger partial charge is 0.207 e. The minimum absolute atomic E-state index is 1.26. The van der Waals surface area contributed by atoms with Crippen LogP contribution < -0.4 is 4.57 Å². The van der Waals surface area contributed by atoms with Gasteiger partial charge in [0, 0.05) is 31.1 Å². The average Bonchev–Trinajstić information content (AvgIpc) is 3.47. The summed E-state index contributed by atoms with van der Waals surface area (Å²) in [7, 11) is 2.07. The molecule has 0 saturated heterocycles. The molecule has 6 aromatic rings. The number of thiophene rings is 2. The fourth-order valence-electron chi connectivity index (χ4n) is 4.24. The summed E-state index contributed by atoms with van der Waals surface area (Å²) in [6.07, 6.45) is 4.25. The molecular weight excluding hydrogens is 414 g/mol. The van der Waals surface area contributed by atoms with Crippen LogP contribution in [0.25, 0.3) is 52.2 Å². The van der Waals surface area contributed by atoms with Crippen LogP contribution in [0.15, 0.2) is 103 Å². The van der Waals surface area contributed by atoms with Gasteiger partial charge in [-0.1, -0.05) is 48.5 Å². The number of nitrogens with zero attached hydrogens (tertiary/aromatic N) is 1. The minimum atomic E-state index is 1.26. The van der Waals surface area contributed by atoms with Gasteiger partial charge in [0.1, 0.15) is 7.05 Å². The molecule has 3 aromatic carbocycles. The first kappa shape index (κ1) is 18.5. The van der Waals surface area contributed by atoms with Gasteiger partial charge < -0.3 is 0 Å². The van der Waals surface area contributed by atoms with Crippen LogP contribution in [-0.2, 0) is 7.05 Å². The second kappa shape index (κ2) is 7.45. The van der Waals surface area contributed by atoms with Crippen LogP contribution in [0.1, 0.15) is 0 Å². The number of hydrogen-bond donors (Lipinski definition) is 0. The van der Waals surface area contributed by atoms with Crippen molar-refractivity contribution in [2.75, 3.05) is 0 Å². The second-order valence-corrected chi connectivity index (χ2v) is 9.95. The predicted octanol–water partition coefficient (Wildman–Crippen LogP) is 7.94. The van der Waals surface area contributed by atoms with Crippen molar-refractivity contribution in [2.24, 2.45) is 7.05 Å². The molecule has 0 fully saturated rings. The van der Waals surface area contributed by atoms with Gasteiger partial charge in [0.2, 0.25) is 0 Å². The molecule has 148 valence electrons. The monoisotopic (exact) mass is 434 g/mol. The molecule has 3 heterocycles. The fourth-order valence-corrected chi connectivity index (χ4v) is 6.41. The Labute approximate surface area is 189 Å². The Morgan fingerprint density at radius 3 is 1.84 bits per heavy atom. The van der Waals surface area contributed by atoms with Crippen molar-refractivity contribution < 1.29 is 4.57 Å².